The zero-order valence-electron chi connectivity index (χ0n) is 9.18. The van der Waals surface area contributed by atoms with Gasteiger partial charge in [0.25, 0.3) is 0 Å². The minimum absolute atomic E-state index is 0.0690. The Balaban J connectivity index is 2.74. The molecule has 0 heterocycles. The molecule has 1 aromatic rings. The van der Waals surface area contributed by atoms with E-state index in [1.54, 1.807) is 0 Å². The van der Waals surface area contributed by atoms with E-state index in [0.29, 0.717) is 6.42 Å². The van der Waals surface area contributed by atoms with Crippen LogP contribution in [0.1, 0.15) is 6.42 Å². The van der Waals surface area contributed by atoms with E-state index in [1.807, 2.05) is 0 Å². The van der Waals surface area contributed by atoms with Gasteiger partial charge in [0.2, 0.25) is 10.0 Å². The van der Waals surface area contributed by atoms with Crippen LogP contribution in [0.3, 0.4) is 0 Å². The third kappa shape index (κ3) is 4.36. The van der Waals surface area contributed by atoms with E-state index in [4.69, 9.17) is 28.7 Å². The average Bonchev–Trinajstić information content (AvgIpc) is 2.32. The molecular formula is C9H10Cl2N4O2S. The lowest BCUT2D eigenvalue weighted by Crippen LogP contribution is -2.25. The van der Waals surface area contributed by atoms with E-state index in [1.165, 1.54) is 18.2 Å². The minimum Gasteiger partial charge on any atom is -0.211 e. The predicted octanol–water partition coefficient (Wildman–Crippen LogP) is 2.97. The van der Waals surface area contributed by atoms with Gasteiger partial charge in [-0.1, -0.05) is 28.3 Å². The molecule has 0 saturated carbocycles. The van der Waals surface area contributed by atoms with Crippen molar-refractivity contribution >= 4 is 33.2 Å². The summed E-state index contributed by atoms with van der Waals surface area (Å²) in [4.78, 5) is 2.49. The van der Waals surface area contributed by atoms with Crippen LogP contribution in [0, 0.1) is 0 Å². The number of benzene rings is 1. The number of hydrogen-bond acceptors (Lipinski definition) is 3. The summed E-state index contributed by atoms with van der Waals surface area (Å²) in [5.41, 5.74) is 8.06. The van der Waals surface area contributed by atoms with E-state index < -0.39 is 10.0 Å². The number of rotatable bonds is 6. The number of sulfonamides is 1. The smallest absolute Gasteiger partial charge is 0.211 e. The molecule has 0 bridgehead atoms. The zero-order valence-corrected chi connectivity index (χ0v) is 11.5. The van der Waals surface area contributed by atoms with Gasteiger partial charge < -0.3 is 0 Å². The van der Waals surface area contributed by atoms with E-state index in [0.717, 1.165) is 0 Å². The number of azide groups is 1. The molecule has 0 fully saturated rings. The first-order valence-electron chi connectivity index (χ1n) is 4.93. The Morgan fingerprint density at radius 1 is 1.39 bits per heavy atom. The summed E-state index contributed by atoms with van der Waals surface area (Å²) >= 11 is 11.5. The summed E-state index contributed by atoms with van der Waals surface area (Å²) in [6, 6.07) is 4.20. The van der Waals surface area contributed by atoms with Crippen molar-refractivity contribution in [3.8, 4) is 0 Å². The van der Waals surface area contributed by atoms with E-state index >= 15 is 0 Å². The molecule has 1 aromatic carbocycles. The van der Waals surface area contributed by atoms with Gasteiger partial charge in [-0.05, 0) is 30.2 Å². The molecular weight excluding hydrogens is 299 g/mol. The van der Waals surface area contributed by atoms with E-state index in [9.17, 15) is 8.42 Å². The molecule has 1 rings (SSSR count). The molecule has 0 aliphatic rings. The number of hydrogen-bond donors (Lipinski definition) is 1. The summed E-state index contributed by atoms with van der Waals surface area (Å²) < 4.78 is 26.1. The quantitative estimate of drug-likeness (QED) is 0.378. The van der Waals surface area contributed by atoms with Crippen molar-refractivity contribution in [3.63, 3.8) is 0 Å². The Kier molecular flexibility index (Phi) is 5.71. The lowest BCUT2D eigenvalue weighted by molar-refractivity contribution is 0.579. The summed E-state index contributed by atoms with van der Waals surface area (Å²) in [5.74, 6) is 0. The molecule has 6 nitrogen and oxygen atoms in total. The van der Waals surface area contributed by atoms with Gasteiger partial charge in [0, 0.05) is 23.0 Å². The Morgan fingerprint density at radius 3 is 2.78 bits per heavy atom. The van der Waals surface area contributed by atoms with Crippen molar-refractivity contribution in [1.29, 1.82) is 0 Å². The molecule has 0 saturated heterocycles. The normalized spacial score (nSPS) is 11.0. The van der Waals surface area contributed by atoms with Crippen molar-refractivity contribution in [3.05, 3.63) is 38.7 Å². The minimum atomic E-state index is -3.70. The van der Waals surface area contributed by atoms with Crippen molar-refractivity contribution in [2.75, 3.05) is 13.1 Å². The number of nitrogens with zero attached hydrogens (tertiary/aromatic N) is 3. The molecule has 0 radical (unpaired) electrons. The van der Waals surface area contributed by atoms with Gasteiger partial charge in [0.1, 0.15) is 4.90 Å². The summed E-state index contributed by atoms with van der Waals surface area (Å²) in [5, 5.41) is 3.68. The Labute approximate surface area is 115 Å². The molecule has 0 aliphatic heterocycles. The Bertz CT molecular complexity index is 570. The van der Waals surface area contributed by atoms with Crippen molar-refractivity contribution in [2.45, 2.75) is 11.3 Å². The molecule has 18 heavy (non-hydrogen) atoms. The van der Waals surface area contributed by atoms with Crippen LogP contribution in [0.4, 0.5) is 0 Å². The first-order chi connectivity index (χ1) is 8.47. The second-order valence-corrected chi connectivity index (χ2v) is 5.86. The fourth-order valence-electron chi connectivity index (χ4n) is 1.16. The Hall–Kier alpha value is -0.980. The summed E-state index contributed by atoms with van der Waals surface area (Å²) in [6.45, 7) is 0.381. The van der Waals surface area contributed by atoms with Gasteiger partial charge in [0.15, 0.2) is 0 Å². The third-order valence-corrected chi connectivity index (χ3v) is 4.15. The van der Waals surface area contributed by atoms with Crippen LogP contribution >= 0.6 is 23.2 Å². The van der Waals surface area contributed by atoms with Crippen molar-refractivity contribution in [2.24, 2.45) is 5.11 Å². The highest BCUT2D eigenvalue weighted by molar-refractivity contribution is 7.89. The van der Waals surface area contributed by atoms with Gasteiger partial charge in [-0.15, -0.1) is 0 Å². The molecule has 98 valence electrons. The van der Waals surface area contributed by atoms with Gasteiger partial charge in [-0.2, -0.15) is 0 Å². The maximum Gasteiger partial charge on any atom is 0.242 e. The van der Waals surface area contributed by atoms with Crippen LogP contribution in [0.5, 0.6) is 0 Å². The molecule has 0 amide bonds. The van der Waals surface area contributed by atoms with Gasteiger partial charge in [0.05, 0.1) is 5.02 Å². The predicted molar refractivity (Wildman–Crippen MR) is 70.3 cm³/mol. The van der Waals surface area contributed by atoms with Crippen LogP contribution in [-0.2, 0) is 10.0 Å². The van der Waals surface area contributed by atoms with Crippen LogP contribution in [-0.4, -0.2) is 21.5 Å². The largest absolute Gasteiger partial charge is 0.242 e. The maximum absolute atomic E-state index is 11.9. The molecule has 9 heteroatoms. The second-order valence-electron chi connectivity index (χ2n) is 3.28. The summed E-state index contributed by atoms with van der Waals surface area (Å²) in [7, 11) is -3.70. The van der Waals surface area contributed by atoms with Crippen LogP contribution in [0.15, 0.2) is 28.2 Å². The molecule has 0 aliphatic carbocycles. The monoisotopic (exact) mass is 308 g/mol. The highest BCUT2D eigenvalue weighted by Gasteiger charge is 2.17. The molecule has 0 atom stereocenters. The van der Waals surface area contributed by atoms with Crippen LogP contribution < -0.4 is 4.72 Å². The molecule has 0 spiro atoms. The van der Waals surface area contributed by atoms with Gasteiger partial charge in [-0.3, -0.25) is 0 Å². The van der Waals surface area contributed by atoms with Crippen molar-refractivity contribution in [1.82, 2.24) is 4.72 Å². The highest BCUT2D eigenvalue weighted by Crippen LogP contribution is 2.24. The highest BCUT2D eigenvalue weighted by atomic mass is 35.5. The van der Waals surface area contributed by atoms with E-state index in [-0.39, 0.29) is 28.0 Å². The zero-order chi connectivity index (χ0) is 13.6. The fraction of sp³-hybridized carbons (Fsp3) is 0.333. The number of halogens is 2. The molecule has 0 unspecified atom stereocenters. The standard InChI is InChI=1S/C9H10Cl2N4O2S/c10-7-2-3-8(11)9(6-7)18(16,17)14-5-1-4-13-15-12/h2-3,6,14H,1,4-5H2. The molecule has 1 N–H and O–H groups in total. The van der Waals surface area contributed by atoms with Crippen LogP contribution in [0.25, 0.3) is 10.4 Å². The first-order valence-corrected chi connectivity index (χ1v) is 7.17. The number of nitrogens with one attached hydrogen (secondary N) is 1. The van der Waals surface area contributed by atoms with Crippen LogP contribution in [0.2, 0.25) is 10.0 Å². The molecule has 0 aromatic heterocycles. The third-order valence-electron chi connectivity index (χ3n) is 1.97. The average molecular weight is 309 g/mol. The van der Waals surface area contributed by atoms with Crippen molar-refractivity contribution < 1.29 is 8.42 Å². The Morgan fingerprint density at radius 2 is 2.11 bits per heavy atom. The van der Waals surface area contributed by atoms with E-state index in [2.05, 4.69) is 14.7 Å². The summed E-state index contributed by atoms with van der Waals surface area (Å²) in [6.07, 6.45) is 0.404. The lowest BCUT2D eigenvalue weighted by Gasteiger charge is -2.07. The van der Waals surface area contributed by atoms with Gasteiger partial charge in [-0.25, -0.2) is 13.1 Å². The van der Waals surface area contributed by atoms with Gasteiger partial charge >= 0.3 is 0 Å². The second kappa shape index (κ2) is 6.82. The lowest BCUT2D eigenvalue weighted by atomic mass is 10.4. The fourth-order valence-corrected chi connectivity index (χ4v) is 3.00. The maximum atomic E-state index is 11.9. The topological polar surface area (TPSA) is 94.9 Å². The SMILES string of the molecule is [N-]=[N+]=NCCCNS(=O)(=O)c1cc(Cl)ccc1Cl. The first kappa shape index (κ1) is 15.1.